The van der Waals surface area contributed by atoms with E-state index in [0.29, 0.717) is 6.54 Å². The summed E-state index contributed by atoms with van der Waals surface area (Å²) in [5, 5.41) is 3.99. The molecule has 2 aromatic rings. The van der Waals surface area contributed by atoms with Crippen LogP contribution in [0.5, 0.6) is 0 Å². The summed E-state index contributed by atoms with van der Waals surface area (Å²) in [6, 6.07) is 4.96. The average Bonchev–Trinajstić information content (AvgIpc) is 2.83. The maximum Gasteiger partial charge on any atom is 0.240 e. The number of hydrogen-bond donors (Lipinski definition) is 2. The van der Waals surface area contributed by atoms with Crippen molar-refractivity contribution >= 4 is 10.0 Å². The molecule has 0 aliphatic heterocycles. The standard InChI is InChI=1S/C13H18N4O2S/c1-10-3-4-13(5-12(10)6-14)20(18,19)16-8-11-7-15-17(2)9-11/h3-5,7,9,16H,6,8,14H2,1-2H3. The zero-order chi connectivity index (χ0) is 14.8. The van der Waals surface area contributed by atoms with Gasteiger partial charge in [0.25, 0.3) is 0 Å². The lowest BCUT2D eigenvalue weighted by Crippen LogP contribution is -2.23. The third kappa shape index (κ3) is 3.24. The van der Waals surface area contributed by atoms with Gasteiger partial charge in [-0.25, -0.2) is 13.1 Å². The second-order valence-corrected chi connectivity index (χ2v) is 6.41. The third-order valence-electron chi connectivity index (χ3n) is 3.08. The molecule has 1 aromatic carbocycles. The first kappa shape index (κ1) is 14.7. The molecule has 0 spiro atoms. The van der Waals surface area contributed by atoms with Crippen molar-refractivity contribution in [2.75, 3.05) is 0 Å². The Morgan fingerprint density at radius 2 is 2.15 bits per heavy atom. The fourth-order valence-electron chi connectivity index (χ4n) is 1.86. The molecule has 0 unspecified atom stereocenters. The van der Waals surface area contributed by atoms with Gasteiger partial charge in [-0.3, -0.25) is 4.68 Å². The predicted octanol–water partition coefficient (Wildman–Crippen LogP) is 0.666. The van der Waals surface area contributed by atoms with Crippen LogP contribution >= 0.6 is 0 Å². The first-order valence-electron chi connectivity index (χ1n) is 6.19. The Kier molecular flexibility index (Phi) is 4.22. The van der Waals surface area contributed by atoms with Gasteiger partial charge in [-0.15, -0.1) is 0 Å². The van der Waals surface area contributed by atoms with Gasteiger partial charge in [-0.2, -0.15) is 5.10 Å². The summed E-state index contributed by atoms with van der Waals surface area (Å²) in [5.74, 6) is 0. The van der Waals surface area contributed by atoms with Crippen LogP contribution in [0.15, 0.2) is 35.5 Å². The quantitative estimate of drug-likeness (QED) is 0.848. The predicted molar refractivity (Wildman–Crippen MR) is 76.3 cm³/mol. The zero-order valence-corrected chi connectivity index (χ0v) is 12.3. The van der Waals surface area contributed by atoms with Crippen LogP contribution in [0.2, 0.25) is 0 Å². The number of nitrogens with zero attached hydrogens (tertiary/aromatic N) is 2. The van der Waals surface area contributed by atoms with Gasteiger partial charge < -0.3 is 5.73 Å². The summed E-state index contributed by atoms with van der Waals surface area (Å²) >= 11 is 0. The van der Waals surface area contributed by atoms with Crippen LogP contribution in [0.3, 0.4) is 0 Å². The Labute approximate surface area is 118 Å². The molecule has 2 rings (SSSR count). The molecule has 1 aromatic heterocycles. The van der Waals surface area contributed by atoms with E-state index in [9.17, 15) is 8.42 Å². The largest absolute Gasteiger partial charge is 0.326 e. The van der Waals surface area contributed by atoms with E-state index >= 15 is 0 Å². The topological polar surface area (TPSA) is 90.0 Å². The Hall–Kier alpha value is -1.70. The van der Waals surface area contributed by atoms with Crippen LogP contribution in [-0.4, -0.2) is 18.2 Å². The molecule has 0 amide bonds. The van der Waals surface area contributed by atoms with E-state index in [2.05, 4.69) is 9.82 Å². The second kappa shape index (κ2) is 5.74. The maximum atomic E-state index is 12.2. The van der Waals surface area contributed by atoms with Gasteiger partial charge in [-0.05, 0) is 30.2 Å². The molecule has 0 saturated heterocycles. The lowest BCUT2D eigenvalue weighted by Gasteiger charge is -2.09. The molecule has 108 valence electrons. The second-order valence-electron chi connectivity index (χ2n) is 4.64. The first-order valence-corrected chi connectivity index (χ1v) is 7.67. The molecule has 1 heterocycles. The van der Waals surface area contributed by atoms with Crippen LogP contribution in [0.4, 0.5) is 0 Å². The van der Waals surface area contributed by atoms with E-state index in [1.807, 2.05) is 6.92 Å². The van der Waals surface area contributed by atoms with Crippen molar-refractivity contribution in [3.8, 4) is 0 Å². The molecule has 3 N–H and O–H groups in total. The highest BCUT2D eigenvalue weighted by Gasteiger charge is 2.15. The fourth-order valence-corrected chi connectivity index (χ4v) is 2.93. The van der Waals surface area contributed by atoms with Gasteiger partial charge in [-0.1, -0.05) is 6.07 Å². The summed E-state index contributed by atoms with van der Waals surface area (Å²) < 4.78 is 28.6. The van der Waals surface area contributed by atoms with Crippen molar-refractivity contribution < 1.29 is 8.42 Å². The van der Waals surface area contributed by atoms with Crippen molar-refractivity contribution in [1.82, 2.24) is 14.5 Å². The van der Waals surface area contributed by atoms with Crippen LogP contribution in [0.25, 0.3) is 0 Å². The van der Waals surface area contributed by atoms with E-state index in [0.717, 1.165) is 16.7 Å². The lowest BCUT2D eigenvalue weighted by atomic mass is 10.1. The zero-order valence-electron chi connectivity index (χ0n) is 11.5. The number of nitrogens with one attached hydrogen (secondary N) is 1. The van der Waals surface area contributed by atoms with Crippen molar-refractivity contribution in [1.29, 1.82) is 0 Å². The number of sulfonamides is 1. The first-order chi connectivity index (χ1) is 9.42. The third-order valence-corrected chi connectivity index (χ3v) is 4.47. The lowest BCUT2D eigenvalue weighted by molar-refractivity contribution is 0.581. The van der Waals surface area contributed by atoms with Crippen LogP contribution in [0.1, 0.15) is 16.7 Å². The van der Waals surface area contributed by atoms with Crippen LogP contribution < -0.4 is 10.5 Å². The Morgan fingerprint density at radius 1 is 1.40 bits per heavy atom. The summed E-state index contributed by atoms with van der Waals surface area (Å²) in [7, 11) is -1.76. The summed E-state index contributed by atoms with van der Waals surface area (Å²) in [6.07, 6.45) is 3.39. The van der Waals surface area contributed by atoms with Crippen LogP contribution in [0, 0.1) is 6.92 Å². The molecule has 0 aliphatic rings. The molecule has 0 aliphatic carbocycles. The Balaban J connectivity index is 2.17. The summed E-state index contributed by atoms with van der Waals surface area (Å²) in [5.41, 5.74) is 8.22. The molecule has 20 heavy (non-hydrogen) atoms. The molecule has 7 heteroatoms. The summed E-state index contributed by atoms with van der Waals surface area (Å²) in [6.45, 7) is 2.43. The minimum Gasteiger partial charge on any atom is -0.326 e. The molecule has 0 saturated carbocycles. The van der Waals surface area contributed by atoms with Crippen molar-refractivity contribution in [3.63, 3.8) is 0 Å². The van der Waals surface area contributed by atoms with Gasteiger partial charge in [0.2, 0.25) is 10.0 Å². The monoisotopic (exact) mass is 294 g/mol. The van der Waals surface area contributed by atoms with Gasteiger partial charge in [0.05, 0.1) is 11.1 Å². The smallest absolute Gasteiger partial charge is 0.240 e. The Morgan fingerprint density at radius 3 is 2.75 bits per heavy atom. The number of rotatable bonds is 5. The SMILES string of the molecule is Cc1ccc(S(=O)(=O)NCc2cnn(C)c2)cc1CN. The highest BCUT2D eigenvalue weighted by molar-refractivity contribution is 7.89. The van der Waals surface area contributed by atoms with Gasteiger partial charge in [0, 0.05) is 31.9 Å². The van der Waals surface area contributed by atoms with Crippen molar-refractivity contribution in [3.05, 3.63) is 47.3 Å². The van der Waals surface area contributed by atoms with Gasteiger partial charge >= 0.3 is 0 Å². The molecule has 6 nitrogen and oxygen atoms in total. The van der Waals surface area contributed by atoms with Crippen molar-refractivity contribution in [2.24, 2.45) is 12.8 Å². The van der Waals surface area contributed by atoms with E-state index < -0.39 is 10.0 Å². The normalized spacial score (nSPS) is 11.8. The van der Waals surface area contributed by atoms with E-state index in [-0.39, 0.29) is 11.4 Å². The molecular weight excluding hydrogens is 276 g/mol. The molecule has 0 radical (unpaired) electrons. The fraction of sp³-hybridized carbons (Fsp3) is 0.308. The average molecular weight is 294 g/mol. The molecule has 0 atom stereocenters. The number of nitrogens with two attached hydrogens (primary N) is 1. The highest BCUT2D eigenvalue weighted by Crippen LogP contribution is 2.15. The number of aromatic nitrogens is 2. The van der Waals surface area contributed by atoms with Crippen molar-refractivity contribution in [2.45, 2.75) is 24.9 Å². The highest BCUT2D eigenvalue weighted by atomic mass is 32.2. The molecule has 0 fully saturated rings. The van der Waals surface area contributed by atoms with E-state index in [1.165, 1.54) is 0 Å². The van der Waals surface area contributed by atoms with E-state index in [4.69, 9.17) is 5.73 Å². The van der Waals surface area contributed by atoms with Gasteiger partial charge in [0.1, 0.15) is 0 Å². The Bertz CT molecular complexity index is 707. The maximum absolute atomic E-state index is 12.2. The number of benzene rings is 1. The number of hydrogen-bond acceptors (Lipinski definition) is 4. The molecular formula is C13H18N4O2S. The minimum atomic E-state index is -3.54. The molecule has 0 bridgehead atoms. The van der Waals surface area contributed by atoms with Crippen LogP contribution in [-0.2, 0) is 30.2 Å². The number of aryl methyl sites for hydroxylation is 2. The minimum absolute atomic E-state index is 0.210. The summed E-state index contributed by atoms with van der Waals surface area (Å²) in [4.78, 5) is 0.229. The van der Waals surface area contributed by atoms with E-state index in [1.54, 1.807) is 42.3 Å². The van der Waals surface area contributed by atoms with Gasteiger partial charge in [0.15, 0.2) is 0 Å².